The maximum Gasteiger partial charge on any atom is 0.338 e. The number of thiazole rings is 1. The maximum atomic E-state index is 14.0. The minimum atomic E-state index is -0.790. The Morgan fingerprint density at radius 1 is 1.11 bits per heavy atom. The van der Waals surface area contributed by atoms with E-state index in [-0.39, 0.29) is 36.8 Å². The number of nitrogens with zero attached hydrogens (tertiary/aromatic N) is 3. The second kappa shape index (κ2) is 12.3. The topological polar surface area (TPSA) is 141 Å². The predicted molar refractivity (Wildman–Crippen MR) is 163 cm³/mol. The first kappa shape index (κ1) is 29.6. The van der Waals surface area contributed by atoms with Crippen molar-refractivity contribution in [3.05, 3.63) is 118 Å². The number of ether oxygens (including phenoxy) is 5. The molecular formula is C32H27N3O9S. The van der Waals surface area contributed by atoms with E-state index in [1.54, 1.807) is 68.5 Å². The SMILES string of the molecule is CCOC(=O)C1=C(C)N=c2s/c(=C\c3ccc(OCc4ccc([N+](=O)[O-])cc4)c(OC)c3)c(=O)n2[C@H]1c1ccc2c(c1)OCO2. The van der Waals surface area contributed by atoms with Gasteiger partial charge in [0.25, 0.3) is 11.2 Å². The summed E-state index contributed by atoms with van der Waals surface area (Å²) in [5.74, 6) is 1.46. The fraction of sp³-hybridized carbons (Fsp3) is 0.219. The smallest absolute Gasteiger partial charge is 0.338 e. The Bertz CT molecular complexity index is 2030. The van der Waals surface area contributed by atoms with Crippen LogP contribution in [0.5, 0.6) is 23.0 Å². The summed E-state index contributed by atoms with van der Waals surface area (Å²) >= 11 is 1.21. The third-order valence-electron chi connectivity index (χ3n) is 7.26. The van der Waals surface area contributed by atoms with Gasteiger partial charge in [-0.3, -0.25) is 19.5 Å². The number of hydrogen-bond donors (Lipinski definition) is 0. The number of carbonyl (C=O) groups excluding carboxylic acids is 1. The monoisotopic (exact) mass is 629 g/mol. The van der Waals surface area contributed by atoms with Crippen LogP contribution in [-0.2, 0) is 16.1 Å². The van der Waals surface area contributed by atoms with Crippen molar-refractivity contribution >= 4 is 29.1 Å². The van der Waals surface area contributed by atoms with Crippen LogP contribution in [0.3, 0.4) is 0 Å². The lowest BCUT2D eigenvalue weighted by molar-refractivity contribution is -0.384. The molecular weight excluding hydrogens is 602 g/mol. The molecule has 2 aliphatic heterocycles. The van der Waals surface area contributed by atoms with E-state index in [4.69, 9.17) is 23.7 Å². The zero-order valence-electron chi connectivity index (χ0n) is 24.5. The van der Waals surface area contributed by atoms with Crippen LogP contribution < -0.4 is 33.8 Å². The molecule has 2 aliphatic rings. The Hall–Kier alpha value is -5.43. The molecule has 3 aromatic carbocycles. The summed E-state index contributed by atoms with van der Waals surface area (Å²) in [6.07, 6.45) is 1.73. The van der Waals surface area contributed by atoms with Gasteiger partial charge in [-0.15, -0.1) is 0 Å². The molecule has 0 N–H and O–H groups in total. The second-order valence-corrected chi connectivity index (χ2v) is 11.0. The molecule has 230 valence electrons. The average Bonchev–Trinajstić information content (AvgIpc) is 3.63. The molecule has 12 nitrogen and oxygen atoms in total. The van der Waals surface area contributed by atoms with Gasteiger partial charge in [-0.1, -0.05) is 23.5 Å². The molecule has 3 heterocycles. The lowest BCUT2D eigenvalue weighted by Gasteiger charge is -2.24. The Balaban J connectivity index is 1.35. The van der Waals surface area contributed by atoms with Gasteiger partial charge in [0, 0.05) is 12.1 Å². The summed E-state index contributed by atoms with van der Waals surface area (Å²) in [6, 6.07) is 15.9. The normalized spacial score (nSPS) is 15.4. The second-order valence-electron chi connectivity index (χ2n) is 10.0. The average molecular weight is 630 g/mol. The Morgan fingerprint density at radius 3 is 2.62 bits per heavy atom. The van der Waals surface area contributed by atoms with Gasteiger partial charge < -0.3 is 23.7 Å². The molecule has 0 spiro atoms. The Kier molecular flexibility index (Phi) is 8.09. The molecule has 0 amide bonds. The molecule has 0 aliphatic carbocycles. The molecule has 0 radical (unpaired) electrons. The maximum absolute atomic E-state index is 14.0. The van der Waals surface area contributed by atoms with E-state index in [2.05, 4.69) is 4.99 Å². The Labute approximate surface area is 260 Å². The van der Waals surface area contributed by atoms with E-state index in [1.807, 2.05) is 0 Å². The van der Waals surface area contributed by atoms with Crippen LogP contribution in [0.4, 0.5) is 5.69 Å². The van der Waals surface area contributed by atoms with Crippen molar-refractivity contribution in [3.63, 3.8) is 0 Å². The van der Waals surface area contributed by atoms with Crippen molar-refractivity contribution in [2.24, 2.45) is 4.99 Å². The summed E-state index contributed by atoms with van der Waals surface area (Å²) in [6.45, 7) is 3.88. The fourth-order valence-corrected chi connectivity index (χ4v) is 6.16. The summed E-state index contributed by atoms with van der Waals surface area (Å²) < 4.78 is 29.8. The van der Waals surface area contributed by atoms with Gasteiger partial charge in [-0.2, -0.15) is 0 Å². The first-order valence-corrected chi connectivity index (χ1v) is 14.7. The molecule has 1 atom stereocenters. The highest BCUT2D eigenvalue weighted by Crippen LogP contribution is 2.38. The van der Waals surface area contributed by atoms with Crippen LogP contribution in [0.15, 0.2) is 81.7 Å². The van der Waals surface area contributed by atoms with E-state index in [0.717, 1.165) is 5.56 Å². The number of nitro benzene ring substituents is 1. The minimum absolute atomic E-state index is 0.000420. The van der Waals surface area contributed by atoms with Crippen LogP contribution in [-0.4, -0.2) is 36.0 Å². The number of carbonyl (C=O) groups is 1. The van der Waals surface area contributed by atoms with Crippen molar-refractivity contribution < 1.29 is 33.4 Å². The van der Waals surface area contributed by atoms with Crippen molar-refractivity contribution in [1.29, 1.82) is 0 Å². The third-order valence-corrected chi connectivity index (χ3v) is 8.24. The third kappa shape index (κ3) is 5.77. The number of methoxy groups -OCH3 is 1. The number of non-ortho nitro benzene ring substituents is 1. The molecule has 13 heteroatoms. The molecule has 45 heavy (non-hydrogen) atoms. The van der Waals surface area contributed by atoms with Crippen LogP contribution in [0.2, 0.25) is 0 Å². The highest BCUT2D eigenvalue weighted by Gasteiger charge is 2.34. The number of benzene rings is 3. The minimum Gasteiger partial charge on any atom is -0.493 e. The molecule has 0 unspecified atom stereocenters. The predicted octanol–water partition coefficient (Wildman–Crippen LogP) is 4.02. The number of aromatic nitrogens is 1. The zero-order valence-corrected chi connectivity index (χ0v) is 25.3. The Morgan fingerprint density at radius 2 is 1.89 bits per heavy atom. The van der Waals surface area contributed by atoms with E-state index >= 15 is 0 Å². The van der Waals surface area contributed by atoms with Crippen LogP contribution in [0, 0.1) is 10.1 Å². The van der Waals surface area contributed by atoms with Crippen LogP contribution in [0.1, 0.15) is 36.6 Å². The summed E-state index contributed by atoms with van der Waals surface area (Å²) in [7, 11) is 1.51. The number of hydrogen-bond acceptors (Lipinski definition) is 11. The van der Waals surface area contributed by atoms with Crippen molar-refractivity contribution in [2.45, 2.75) is 26.5 Å². The largest absolute Gasteiger partial charge is 0.493 e. The van der Waals surface area contributed by atoms with Crippen molar-refractivity contribution in [1.82, 2.24) is 4.57 Å². The summed E-state index contributed by atoms with van der Waals surface area (Å²) in [5.41, 5.74) is 2.49. The standard InChI is InChI=1S/C32H27N3O9S/c1-4-41-31(37)28-18(2)33-32-34(29(28)21-8-12-24-26(15-21)44-17-43-24)30(36)27(45-32)14-20-7-11-23(25(13-20)40-3)42-16-19-5-9-22(10-6-19)35(38)39/h5-15,29H,4,16-17H2,1-3H3/b27-14-/t29-/m0/s1. The molecule has 4 aromatic rings. The highest BCUT2D eigenvalue weighted by atomic mass is 32.1. The van der Waals surface area contributed by atoms with Crippen LogP contribution in [0.25, 0.3) is 6.08 Å². The first-order chi connectivity index (χ1) is 21.8. The van der Waals surface area contributed by atoms with Gasteiger partial charge in [-0.25, -0.2) is 9.79 Å². The fourth-order valence-electron chi connectivity index (χ4n) is 5.11. The first-order valence-electron chi connectivity index (χ1n) is 13.9. The summed E-state index contributed by atoms with van der Waals surface area (Å²) in [5, 5.41) is 10.9. The van der Waals surface area contributed by atoms with E-state index < -0.39 is 16.9 Å². The summed E-state index contributed by atoms with van der Waals surface area (Å²) in [4.78, 5) is 42.6. The van der Waals surface area contributed by atoms with E-state index in [1.165, 1.54) is 35.1 Å². The van der Waals surface area contributed by atoms with Gasteiger partial charge in [-0.05, 0) is 73.0 Å². The lowest BCUT2D eigenvalue weighted by Crippen LogP contribution is -2.39. The highest BCUT2D eigenvalue weighted by molar-refractivity contribution is 7.07. The molecule has 6 rings (SSSR count). The molecule has 0 fully saturated rings. The van der Waals surface area contributed by atoms with Crippen LogP contribution >= 0.6 is 11.3 Å². The number of nitro groups is 1. The van der Waals surface area contributed by atoms with Gasteiger partial charge in [0.1, 0.15) is 6.61 Å². The van der Waals surface area contributed by atoms with Crippen molar-refractivity contribution in [3.8, 4) is 23.0 Å². The zero-order chi connectivity index (χ0) is 31.7. The molecule has 0 saturated carbocycles. The number of esters is 1. The van der Waals surface area contributed by atoms with Gasteiger partial charge >= 0.3 is 5.97 Å². The van der Waals surface area contributed by atoms with E-state index in [9.17, 15) is 19.7 Å². The van der Waals surface area contributed by atoms with Gasteiger partial charge in [0.05, 0.1) is 40.5 Å². The van der Waals surface area contributed by atoms with Gasteiger partial charge in [0.15, 0.2) is 27.8 Å². The molecule has 1 aromatic heterocycles. The molecule has 0 saturated heterocycles. The lowest BCUT2D eigenvalue weighted by atomic mass is 9.95. The number of fused-ring (bicyclic) bond motifs is 2. The molecule has 0 bridgehead atoms. The van der Waals surface area contributed by atoms with E-state index in [0.29, 0.717) is 49.2 Å². The number of rotatable bonds is 9. The van der Waals surface area contributed by atoms with Gasteiger partial charge in [0.2, 0.25) is 6.79 Å². The number of allylic oxidation sites excluding steroid dienone is 1. The van der Waals surface area contributed by atoms with Crippen molar-refractivity contribution in [2.75, 3.05) is 20.5 Å². The quantitative estimate of drug-likeness (QED) is 0.153.